The van der Waals surface area contributed by atoms with Gasteiger partial charge in [0, 0.05) is 23.6 Å². The van der Waals surface area contributed by atoms with Crippen molar-refractivity contribution in [2.45, 2.75) is 6.92 Å². The first kappa shape index (κ1) is 15.6. The number of amides is 2. The molecule has 1 saturated heterocycles. The predicted octanol–water partition coefficient (Wildman–Crippen LogP) is 4.00. The number of rotatable bonds is 2. The number of carbonyl (C=O) groups excluding carboxylic acids is 2. The summed E-state index contributed by atoms with van der Waals surface area (Å²) in [6.07, 6.45) is 1.53. The third-order valence-corrected chi connectivity index (χ3v) is 4.31. The lowest BCUT2D eigenvalue weighted by atomic mass is 10.2. The van der Waals surface area contributed by atoms with E-state index >= 15 is 0 Å². The van der Waals surface area contributed by atoms with Crippen LogP contribution in [0.15, 0.2) is 45.7 Å². The van der Waals surface area contributed by atoms with Crippen LogP contribution in [0.1, 0.15) is 12.7 Å². The maximum absolute atomic E-state index is 12.1. The van der Waals surface area contributed by atoms with Crippen LogP contribution < -0.4 is 0 Å². The zero-order valence-corrected chi connectivity index (χ0v) is 13.6. The van der Waals surface area contributed by atoms with Crippen LogP contribution in [0.2, 0.25) is 5.02 Å². The van der Waals surface area contributed by atoms with E-state index in [1.165, 1.54) is 13.0 Å². The summed E-state index contributed by atoms with van der Waals surface area (Å²) in [6.45, 7) is 1.25. The Labute approximate surface area is 141 Å². The van der Waals surface area contributed by atoms with Gasteiger partial charge in [0.15, 0.2) is 5.17 Å². The molecule has 1 N–H and O–H groups in total. The molecule has 0 atom stereocenters. The van der Waals surface area contributed by atoms with Crippen LogP contribution in [0.3, 0.4) is 0 Å². The molecule has 0 radical (unpaired) electrons. The summed E-state index contributed by atoms with van der Waals surface area (Å²) in [5.41, 5.74) is 0.863. The Morgan fingerprint density at radius 3 is 2.57 bits per heavy atom. The predicted molar refractivity (Wildman–Crippen MR) is 90.0 cm³/mol. The number of nitrogens with one attached hydrogen (secondary N) is 1. The number of nitrogens with zero attached hydrogens (tertiary/aromatic N) is 1. The minimum atomic E-state index is -0.503. The van der Waals surface area contributed by atoms with Gasteiger partial charge >= 0.3 is 0 Å². The number of amidine groups is 1. The Balaban J connectivity index is 1.87. The second-order valence-corrected chi connectivity index (χ2v) is 6.25. The highest BCUT2D eigenvalue weighted by atomic mass is 35.5. The highest BCUT2D eigenvalue weighted by molar-refractivity contribution is 8.18. The van der Waals surface area contributed by atoms with Crippen molar-refractivity contribution in [3.05, 3.63) is 52.1 Å². The Morgan fingerprint density at radius 2 is 1.96 bits per heavy atom. The van der Waals surface area contributed by atoms with Crippen molar-refractivity contribution in [2.24, 2.45) is 0 Å². The van der Waals surface area contributed by atoms with Crippen LogP contribution in [-0.4, -0.2) is 21.9 Å². The average Bonchev–Trinajstić information content (AvgIpc) is 3.05. The van der Waals surface area contributed by atoms with Gasteiger partial charge in [-0.2, -0.15) is 0 Å². The average molecular weight is 347 g/mol. The first-order valence-electron chi connectivity index (χ1n) is 6.64. The molecule has 1 aliphatic heterocycles. The zero-order valence-electron chi connectivity index (χ0n) is 12.0. The molecule has 0 bridgehead atoms. The van der Waals surface area contributed by atoms with Crippen molar-refractivity contribution in [3.8, 4) is 11.3 Å². The largest absolute Gasteiger partial charge is 0.457 e. The van der Waals surface area contributed by atoms with Crippen LogP contribution in [0.25, 0.3) is 17.4 Å². The molecule has 1 aromatic carbocycles. The molecular weight excluding hydrogens is 336 g/mol. The quantitative estimate of drug-likeness (QED) is 0.834. The van der Waals surface area contributed by atoms with Crippen molar-refractivity contribution in [2.75, 3.05) is 0 Å². The van der Waals surface area contributed by atoms with Gasteiger partial charge in [-0.3, -0.25) is 15.0 Å². The first-order chi connectivity index (χ1) is 11.0. The molecule has 2 aromatic rings. The molecule has 1 fully saturated rings. The minimum absolute atomic E-state index is 0.0989. The lowest BCUT2D eigenvalue weighted by Crippen LogP contribution is -2.32. The Bertz CT molecular complexity index is 839. The summed E-state index contributed by atoms with van der Waals surface area (Å²) in [4.78, 5) is 24.6. The van der Waals surface area contributed by atoms with Crippen molar-refractivity contribution >= 4 is 46.4 Å². The summed E-state index contributed by atoms with van der Waals surface area (Å²) in [5, 5.41) is 8.22. The lowest BCUT2D eigenvalue weighted by molar-refractivity contribution is -0.135. The number of hydrogen-bond donors (Lipinski definition) is 1. The molecule has 7 heteroatoms. The van der Waals surface area contributed by atoms with E-state index in [9.17, 15) is 9.59 Å². The van der Waals surface area contributed by atoms with E-state index in [2.05, 4.69) is 0 Å². The Hall–Kier alpha value is -2.31. The molecule has 0 unspecified atom stereocenters. The summed E-state index contributed by atoms with van der Waals surface area (Å²) in [6, 6.07) is 10.7. The second-order valence-electron chi connectivity index (χ2n) is 4.78. The second kappa shape index (κ2) is 6.06. The van der Waals surface area contributed by atoms with E-state index in [-0.39, 0.29) is 10.1 Å². The highest BCUT2D eigenvalue weighted by Gasteiger charge is 2.35. The van der Waals surface area contributed by atoms with E-state index in [1.54, 1.807) is 24.3 Å². The lowest BCUT2D eigenvalue weighted by Gasteiger charge is -2.07. The van der Waals surface area contributed by atoms with Crippen molar-refractivity contribution < 1.29 is 14.0 Å². The molecule has 3 rings (SSSR count). The summed E-state index contributed by atoms with van der Waals surface area (Å²) in [7, 11) is 0. The third kappa shape index (κ3) is 3.09. The van der Waals surface area contributed by atoms with Gasteiger partial charge in [-0.1, -0.05) is 11.6 Å². The molecule has 116 valence electrons. The summed E-state index contributed by atoms with van der Waals surface area (Å²) >= 11 is 6.79. The fourth-order valence-corrected chi connectivity index (χ4v) is 3.09. The van der Waals surface area contributed by atoms with Crippen molar-refractivity contribution in [1.29, 1.82) is 5.41 Å². The molecule has 23 heavy (non-hydrogen) atoms. The fourth-order valence-electron chi connectivity index (χ4n) is 2.10. The van der Waals surface area contributed by atoms with Crippen LogP contribution in [0.5, 0.6) is 0 Å². The number of furan rings is 1. The van der Waals surface area contributed by atoms with Gasteiger partial charge in [-0.05, 0) is 48.2 Å². The van der Waals surface area contributed by atoms with Crippen LogP contribution in [0.4, 0.5) is 0 Å². The van der Waals surface area contributed by atoms with E-state index in [0.717, 1.165) is 22.2 Å². The smallest absolute Gasteiger partial charge is 0.273 e. The normalized spacial score (nSPS) is 16.4. The maximum Gasteiger partial charge on any atom is 0.273 e. The van der Waals surface area contributed by atoms with Crippen LogP contribution in [0, 0.1) is 5.41 Å². The number of halogens is 1. The number of imide groups is 1. The van der Waals surface area contributed by atoms with Gasteiger partial charge in [0.05, 0.1) is 4.91 Å². The van der Waals surface area contributed by atoms with Crippen LogP contribution >= 0.6 is 23.4 Å². The minimum Gasteiger partial charge on any atom is -0.457 e. The standard InChI is InChI=1S/C16H11ClN2O3S/c1-9(20)19-15(21)14(23-16(19)18)8-12-6-7-13(22-12)10-2-4-11(17)5-3-10/h2-8,18H,1H3/b14-8-,18-16?. The molecule has 2 heterocycles. The molecule has 2 amide bonds. The SMILES string of the molecule is CC(=O)N1C(=N)S/C(=C\c2ccc(-c3ccc(Cl)cc3)o2)C1=O. The summed E-state index contributed by atoms with van der Waals surface area (Å²) in [5.74, 6) is 0.139. The molecular formula is C16H11ClN2O3S. The van der Waals surface area contributed by atoms with Gasteiger partial charge in [0.1, 0.15) is 11.5 Å². The molecule has 1 aromatic heterocycles. The molecule has 0 aliphatic carbocycles. The maximum atomic E-state index is 12.1. The van der Waals surface area contributed by atoms with Gasteiger partial charge < -0.3 is 4.42 Å². The van der Waals surface area contributed by atoms with Gasteiger partial charge in [-0.25, -0.2) is 4.90 Å². The van der Waals surface area contributed by atoms with Gasteiger partial charge in [-0.15, -0.1) is 0 Å². The third-order valence-electron chi connectivity index (χ3n) is 3.17. The van der Waals surface area contributed by atoms with Gasteiger partial charge in [0.2, 0.25) is 5.91 Å². The monoisotopic (exact) mass is 346 g/mol. The van der Waals surface area contributed by atoms with Crippen molar-refractivity contribution in [1.82, 2.24) is 4.90 Å². The highest BCUT2D eigenvalue weighted by Crippen LogP contribution is 2.33. The molecule has 0 spiro atoms. The first-order valence-corrected chi connectivity index (χ1v) is 7.84. The Morgan fingerprint density at radius 1 is 1.26 bits per heavy atom. The molecule has 0 saturated carbocycles. The van der Waals surface area contributed by atoms with Crippen LogP contribution in [-0.2, 0) is 9.59 Å². The van der Waals surface area contributed by atoms with Gasteiger partial charge in [0.25, 0.3) is 5.91 Å². The van der Waals surface area contributed by atoms with E-state index in [4.69, 9.17) is 21.4 Å². The Kier molecular flexibility index (Phi) is 4.11. The molecule has 5 nitrogen and oxygen atoms in total. The topological polar surface area (TPSA) is 74.4 Å². The molecule has 1 aliphatic rings. The number of hydrogen-bond acceptors (Lipinski definition) is 5. The van der Waals surface area contributed by atoms with E-state index in [1.807, 2.05) is 12.1 Å². The zero-order chi connectivity index (χ0) is 16.6. The number of carbonyl (C=O) groups is 2. The van der Waals surface area contributed by atoms with E-state index in [0.29, 0.717) is 16.5 Å². The van der Waals surface area contributed by atoms with Crippen molar-refractivity contribution in [3.63, 3.8) is 0 Å². The number of thioether (sulfide) groups is 1. The van der Waals surface area contributed by atoms with E-state index < -0.39 is 11.8 Å². The number of benzene rings is 1. The summed E-state index contributed by atoms with van der Waals surface area (Å²) < 4.78 is 5.69. The fraction of sp³-hybridized carbons (Fsp3) is 0.0625.